The minimum Gasteiger partial charge on any atom is -0.481 e. The summed E-state index contributed by atoms with van der Waals surface area (Å²) < 4.78 is 26.0. The van der Waals surface area contributed by atoms with Crippen LogP contribution in [-0.2, 0) is 20.5 Å². The summed E-state index contributed by atoms with van der Waals surface area (Å²) in [5.41, 5.74) is 0.646. The molecule has 0 spiro atoms. The van der Waals surface area contributed by atoms with Gasteiger partial charge in [-0.15, -0.1) is 0 Å². The van der Waals surface area contributed by atoms with Crippen molar-refractivity contribution in [1.29, 1.82) is 0 Å². The summed E-state index contributed by atoms with van der Waals surface area (Å²) in [5.74, 6) is -0.00107. The summed E-state index contributed by atoms with van der Waals surface area (Å²) in [5, 5.41) is 0. The summed E-state index contributed by atoms with van der Waals surface area (Å²) in [7, 11) is 0.140. The Morgan fingerprint density at radius 3 is 2.65 bits per heavy atom. The quantitative estimate of drug-likeness (QED) is 0.704. The van der Waals surface area contributed by atoms with Crippen molar-refractivity contribution in [1.82, 2.24) is 9.71 Å². The molecule has 0 saturated heterocycles. The van der Waals surface area contributed by atoms with Gasteiger partial charge in [0, 0.05) is 16.2 Å². The molecule has 1 aromatic heterocycles. The molecule has 0 fully saturated rings. The molecule has 6 nitrogen and oxygen atoms in total. The van der Waals surface area contributed by atoms with Crippen LogP contribution in [0.15, 0.2) is 16.7 Å². The number of pyridine rings is 1. The molecule has 1 rings (SSSR count). The number of carbonyl (C=O) groups excluding carboxylic acids is 1. The van der Waals surface area contributed by atoms with E-state index >= 15 is 0 Å². The maximum Gasteiger partial charge on any atom is 0.307 e. The molecule has 1 N–H and O–H groups in total. The fraction of sp³-hybridized carbons (Fsp3) is 0.600. The first kappa shape index (κ1) is 20.1. The van der Waals surface area contributed by atoms with Gasteiger partial charge in [-0.05, 0) is 49.7 Å². The number of hydrogen-bond donors (Lipinski definition) is 1. The molecule has 0 aliphatic rings. The lowest BCUT2D eigenvalue weighted by molar-refractivity contribution is -0.143. The molecule has 1 heterocycles. The molecule has 0 aromatic carbocycles. The molecule has 23 heavy (non-hydrogen) atoms. The van der Waals surface area contributed by atoms with E-state index in [1.165, 1.54) is 7.11 Å². The monoisotopic (exact) mass is 406 g/mol. The first-order valence-corrected chi connectivity index (χ1v) is 9.16. The van der Waals surface area contributed by atoms with Crippen LogP contribution in [0.1, 0.15) is 45.7 Å². The molecule has 0 amide bonds. The van der Waals surface area contributed by atoms with Crippen molar-refractivity contribution in [3.63, 3.8) is 0 Å². The van der Waals surface area contributed by atoms with Gasteiger partial charge in [-0.1, -0.05) is 0 Å². The Morgan fingerprint density at radius 2 is 2.13 bits per heavy atom. The van der Waals surface area contributed by atoms with Crippen LogP contribution in [0.3, 0.4) is 0 Å². The zero-order chi connectivity index (χ0) is 17.6. The van der Waals surface area contributed by atoms with Gasteiger partial charge in [0.25, 0.3) is 0 Å². The maximum absolute atomic E-state index is 12.4. The SMILES string of the molecule is CCOC(=O)CC(N[S@](=O)C(C)(C)C)c1cc(Br)cnc1OC. The lowest BCUT2D eigenvalue weighted by Crippen LogP contribution is -2.37. The highest BCUT2D eigenvalue weighted by Crippen LogP contribution is 2.29. The average Bonchev–Trinajstić information content (AvgIpc) is 2.45. The third kappa shape index (κ3) is 6.19. The number of hydrogen-bond acceptors (Lipinski definition) is 5. The number of ether oxygens (including phenoxy) is 2. The fourth-order valence-electron chi connectivity index (χ4n) is 1.77. The van der Waals surface area contributed by atoms with E-state index in [1.807, 2.05) is 20.8 Å². The molecule has 0 aliphatic heterocycles. The number of nitrogens with one attached hydrogen (secondary N) is 1. The van der Waals surface area contributed by atoms with Crippen LogP contribution >= 0.6 is 15.9 Å². The van der Waals surface area contributed by atoms with Gasteiger partial charge in [-0.25, -0.2) is 13.9 Å². The Morgan fingerprint density at radius 1 is 1.48 bits per heavy atom. The predicted molar refractivity (Wildman–Crippen MR) is 93.5 cm³/mol. The van der Waals surface area contributed by atoms with Crippen LogP contribution < -0.4 is 9.46 Å². The Hall–Kier alpha value is -0.990. The highest BCUT2D eigenvalue weighted by Gasteiger charge is 2.28. The van der Waals surface area contributed by atoms with Gasteiger partial charge in [-0.3, -0.25) is 4.79 Å². The van der Waals surface area contributed by atoms with E-state index in [2.05, 4.69) is 25.6 Å². The van der Waals surface area contributed by atoms with Crippen LogP contribution in [0, 0.1) is 0 Å². The second-order valence-electron chi connectivity index (χ2n) is 5.81. The minimum atomic E-state index is -1.36. The number of carbonyl (C=O) groups is 1. The molecule has 0 bridgehead atoms. The van der Waals surface area contributed by atoms with Crippen molar-refractivity contribution in [3.8, 4) is 5.88 Å². The Kier molecular flexibility index (Phi) is 7.63. The zero-order valence-corrected chi connectivity index (χ0v) is 16.4. The van der Waals surface area contributed by atoms with Crippen molar-refractivity contribution in [2.75, 3.05) is 13.7 Å². The zero-order valence-electron chi connectivity index (χ0n) is 14.0. The van der Waals surface area contributed by atoms with Crippen LogP contribution in [0.25, 0.3) is 0 Å². The fourth-order valence-corrected chi connectivity index (χ4v) is 2.94. The molecule has 130 valence electrons. The number of esters is 1. The maximum atomic E-state index is 12.4. The smallest absolute Gasteiger partial charge is 0.307 e. The van der Waals surface area contributed by atoms with Gasteiger partial charge in [0.2, 0.25) is 5.88 Å². The van der Waals surface area contributed by atoms with Gasteiger partial charge in [-0.2, -0.15) is 0 Å². The average molecular weight is 407 g/mol. The molecule has 1 aromatic rings. The van der Waals surface area contributed by atoms with Crippen molar-refractivity contribution in [3.05, 3.63) is 22.3 Å². The van der Waals surface area contributed by atoms with Crippen molar-refractivity contribution in [2.24, 2.45) is 0 Å². The molecule has 1 unspecified atom stereocenters. The van der Waals surface area contributed by atoms with Gasteiger partial charge >= 0.3 is 5.97 Å². The highest BCUT2D eigenvalue weighted by molar-refractivity contribution is 9.10. The number of methoxy groups -OCH3 is 1. The molecular formula is C15H23BrN2O4S. The first-order chi connectivity index (χ1) is 10.7. The van der Waals surface area contributed by atoms with E-state index in [4.69, 9.17) is 9.47 Å². The third-order valence-corrected chi connectivity index (χ3v) is 4.94. The standard InChI is InChI=1S/C15H23BrN2O4S/c1-6-22-13(19)8-12(18-23(20)15(2,3)4)11-7-10(16)9-17-14(11)21-5/h7,9,12,18H,6,8H2,1-5H3/t12?,23-/m1/s1. The van der Waals surface area contributed by atoms with Crippen LogP contribution in [0.2, 0.25) is 0 Å². The lowest BCUT2D eigenvalue weighted by atomic mass is 10.1. The van der Waals surface area contributed by atoms with Crippen molar-refractivity contribution >= 4 is 32.9 Å². The van der Waals surface area contributed by atoms with E-state index in [0.29, 0.717) is 18.1 Å². The molecule has 0 saturated carbocycles. The summed E-state index contributed by atoms with van der Waals surface area (Å²) in [6.45, 7) is 7.60. The number of nitrogens with zero attached hydrogens (tertiary/aromatic N) is 1. The Bertz CT molecular complexity index is 575. The summed E-state index contributed by atoms with van der Waals surface area (Å²) in [4.78, 5) is 16.1. The molecule has 0 radical (unpaired) electrons. The van der Waals surface area contributed by atoms with E-state index in [1.54, 1.807) is 19.2 Å². The van der Waals surface area contributed by atoms with E-state index < -0.39 is 21.8 Å². The number of aromatic nitrogens is 1. The first-order valence-electron chi connectivity index (χ1n) is 7.22. The van der Waals surface area contributed by atoms with Crippen LogP contribution in [0.5, 0.6) is 5.88 Å². The second-order valence-corrected chi connectivity index (χ2v) is 8.73. The molecule has 2 atom stereocenters. The van der Waals surface area contributed by atoms with Crippen molar-refractivity contribution in [2.45, 2.75) is 44.9 Å². The van der Waals surface area contributed by atoms with Crippen LogP contribution in [0.4, 0.5) is 0 Å². The molecular weight excluding hydrogens is 384 g/mol. The van der Waals surface area contributed by atoms with Gasteiger partial charge in [0.15, 0.2) is 0 Å². The predicted octanol–water partition coefficient (Wildman–Crippen LogP) is 2.90. The summed E-state index contributed by atoms with van der Waals surface area (Å²) in [6, 6.07) is 1.26. The van der Waals surface area contributed by atoms with E-state index in [9.17, 15) is 9.00 Å². The van der Waals surface area contributed by atoms with Gasteiger partial charge in [0.05, 0.1) is 41.9 Å². The topological polar surface area (TPSA) is 77.5 Å². The Labute approximate surface area is 148 Å². The van der Waals surface area contributed by atoms with Gasteiger partial charge < -0.3 is 9.47 Å². The van der Waals surface area contributed by atoms with Crippen LogP contribution in [-0.4, -0.2) is 33.6 Å². The normalized spacial score (nSPS) is 14.2. The summed E-state index contributed by atoms with van der Waals surface area (Å²) in [6.07, 6.45) is 1.63. The lowest BCUT2D eigenvalue weighted by Gasteiger charge is -2.25. The highest BCUT2D eigenvalue weighted by atomic mass is 79.9. The second kappa shape index (κ2) is 8.75. The van der Waals surface area contributed by atoms with E-state index in [-0.39, 0.29) is 12.4 Å². The van der Waals surface area contributed by atoms with Gasteiger partial charge in [0.1, 0.15) is 0 Å². The number of rotatable bonds is 7. The third-order valence-electron chi connectivity index (χ3n) is 2.90. The minimum absolute atomic E-state index is 0.0319. The molecule has 8 heteroatoms. The Balaban J connectivity index is 3.15. The molecule has 0 aliphatic carbocycles. The number of halogens is 1. The van der Waals surface area contributed by atoms with Crippen molar-refractivity contribution < 1.29 is 18.5 Å². The largest absolute Gasteiger partial charge is 0.481 e. The summed E-state index contributed by atoms with van der Waals surface area (Å²) >= 11 is 3.36. The van der Waals surface area contributed by atoms with E-state index in [0.717, 1.165) is 4.47 Å².